The summed E-state index contributed by atoms with van der Waals surface area (Å²) in [6.45, 7) is 4.03. The fraction of sp³-hybridized carbons (Fsp3) is 0.538. The van der Waals surface area contributed by atoms with Gasteiger partial charge in [0.2, 0.25) is 0 Å². The van der Waals surface area contributed by atoms with Crippen molar-refractivity contribution in [2.24, 2.45) is 11.7 Å². The molecular weight excluding hydrogens is 216 g/mol. The van der Waals surface area contributed by atoms with Gasteiger partial charge in [-0.3, -0.25) is 0 Å². The molecule has 0 radical (unpaired) electrons. The van der Waals surface area contributed by atoms with Gasteiger partial charge in [0.15, 0.2) is 11.5 Å². The summed E-state index contributed by atoms with van der Waals surface area (Å²) >= 11 is 0. The van der Waals surface area contributed by atoms with Gasteiger partial charge in [-0.05, 0) is 37.2 Å². The molecule has 1 aliphatic heterocycles. The Bertz CT molecular complexity index is 382. The maximum atomic E-state index is 5.73. The van der Waals surface area contributed by atoms with Crippen LogP contribution in [0.15, 0.2) is 18.2 Å². The molecule has 0 saturated carbocycles. The molecule has 3 N–H and O–H groups in total. The molecule has 2 unspecified atom stereocenters. The van der Waals surface area contributed by atoms with Gasteiger partial charge < -0.3 is 20.5 Å². The van der Waals surface area contributed by atoms with Crippen molar-refractivity contribution < 1.29 is 9.47 Å². The first-order valence-corrected chi connectivity index (χ1v) is 6.03. The maximum Gasteiger partial charge on any atom is 0.161 e. The first-order chi connectivity index (χ1) is 8.26. The van der Waals surface area contributed by atoms with E-state index in [1.165, 1.54) is 5.56 Å². The highest BCUT2D eigenvalue weighted by atomic mass is 16.6. The van der Waals surface area contributed by atoms with E-state index in [1.807, 2.05) is 19.2 Å². The zero-order chi connectivity index (χ0) is 12.3. The van der Waals surface area contributed by atoms with E-state index in [4.69, 9.17) is 15.2 Å². The van der Waals surface area contributed by atoms with E-state index in [1.54, 1.807) is 0 Å². The van der Waals surface area contributed by atoms with Gasteiger partial charge in [-0.15, -0.1) is 0 Å². The maximum absolute atomic E-state index is 5.73. The standard InChI is InChI=1S/C13H20N2O2/c1-9(8-14)13(15-2)10-3-4-11-12(7-10)17-6-5-16-11/h3-4,7,9,13,15H,5-6,8,14H2,1-2H3. The minimum atomic E-state index is 0.246. The molecule has 1 heterocycles. The lowest BCUT2D eigenvalue weighted by atomic mass is 9.94. The Morgan fingerprint density at radius 1 is 1.29 bits per heavy atom. The normalized spacial score (nSPS) is 17.6. The van der Waals surface area contributed by atoms with Crippen LogP contribution in [-0.2, 0) is 0 Å². The highest BCUT2D eigenvalue weighted by Gasteiger charge is 2.19. The highest BCUT2D eigenvalue weighted by molar-refractivity contribution is 5.44. The molecule has 0 aliphatic carbocycles. The van der Waals surface area contributed by atoms with Gasteiger partial charge in [-0.1, -0.05) is 13.0 Å². The summed E-state index contributed by atoms with van der Waals surface area (Å²) in [6.07, 6.45) is 0. The van der Waals surface area contributed by atoms with Gasteiger partial charge in [0.05, 0.1) is 0 Å². The highest BCUT2D eigenvalue weighted by Crippen LogP contribution is 2.34. The predicted octanol–water partition coefficient (Wildman–Crippen LogP) is 1.31. The Morgan fingerprint density at radius 2 is 2.00 bits per heavy atom. The SMILES string of the molecule is CNC(c1ccc2c(c1)OCCO2)C(C)CN. The zero-order valence-corrected chi connectivity index (χ0v) is 10.4. The van der Waals surface area contributed by atoms with Crippen LogP contribution in [0.4, 0.5) is 0 Å². The number of nitrogens with two attached hydrogens (primary N) is 1. The molecule has 0 fully saturated rings. The molecule has 1 aromatic rings. The Morgan fingerprint density at radius 3 is 2.65 bits per heavy atom. The van der Waals surface area contributed by atoms with Crippen molar-refractivity contribution in [1.82, 2.24) is 5.32 Å². The number of hydrogen-bond donors (Lipinski definition) is 2. The lowest BCUT2D eigenvalue weighted by molar-refractivity contribution is 0.171. The quantitative estimate of drug-likeness (QED) is 0.827. The van der Waals surface area contributed by atoms with Gasteiger partial charge >= 0.3 is 0 Å². The molecule has 4 heteroatoms. The lowest BCUT2D eigenvalue weighted by Gasteiger charge is -2.25. The van der Waals surface area contributed by atoms with Crippen LogP contribution in [-0.4, -0.2) is 26.8 Å². The molecule has 1 aromatic carbocycles. The van der Waals surface area contributed by atoms with Crippen molar-refractivity contribution >= 4 is 0 Å². The minimum absolute atomic E-state index is 0.246. The van der Waals surface area contributed by atoms with Gasteiger partial charge in [-0.25, -0.2) is 0 Å². The molecule has 0 aromatic heterocycles. The first-order valence-electron chi connectivity index (χ1n) is 6.03. The molecule has 0 amide bonds. The van der Waals surface area contributed by atoms with Crippen LogP contribution < -0.4 is 20.5 Å². The Labute approximate surface area is 102 Å². The number of rotatable bonds is 4. The third kappa shape index (κ3) is 2.53. The fourth-order valence-corrected chi connectivity index (χ4v) is 2.17. The topological polar surface area (TPSA) is 56.5 Å². The van der Waals surface area contributed by atoms with Gasteiger partial charge in [0.25, 0.3) is 0 Å². The number of ether oxygens (including phenoxy) is 2. The van der Waals surface area contributed by atoms with Crippen molar-refractivity contribution in [1.29, 1.82) is 0 Å². The van der Waals surface area contributed by atoms with Gasteiger partial charge in [0, 0.05) is 6.04 Å². The number of fused-ring (bicyclic) bond motifs is 1. The van der Waals surface area contributed by atoms with Gasteiger partial charge in [-0.2, -0.15) is 0 Å². The molecule has 94 valence electrons. The van der Waals surface area contributed by atoms with E-state index in [0.717, 1.165) is 11.5 Å². The number of hydrogen-bond acceptors (Lipinski definition) is 4. The summed E-state index contributed by atoms with van der Waals surface area (Å²) in [7, 11) is 1.95. The van der Waals surface area contributed by atoms with Crippen LogP contribution in [0, 0.1) is 5.92 Å². The molecule has 17 heavy (non-hydrogen) atoms. The van der Waals surface area contributed by atoms with E-state index in [0.29, 0.717) is 25.7 Å². The summed E-state index contributed by atoms with van der Waals surface area (Å²) < 4.78 is 11.1. The van der Waals surface area contributed by atoms with Crippen LogP contribution in [0.5, 0.6) is 11.5 Å². The first kappa shape index (κ1) is 12.2. The Hall–Kier alpha value is -1.26. The molecule has 2 rings (SSSR count). The predicted molar refractivity (Wildman–Crippen MR) is 67.5 cm³/mol. The lowest BCUT2D eigenvalue weighted by Crippen LogP contribution is -2.28. The molecule has 0 saturated heterocycles. The minimum Gasteiger partial charge on any atom is -0.486 e. The molecular formula is C13H20N2O2. The molecule has 4 nitrogen and oxygen atoms in total. The summed E-state index contributed by atoms with van der Waals surface area (Å²) in [4.78, 5) is 0. The summed E-state index contributed by atoms with van der Waals surface area (Å²) in [5.74, 6) is 2.04. The summed E-state index contributed by atoms with van der Waals surface area (Å²) in [5.41, 5.74) is 6.92. The van der Waals surface area contributed by atoms with E-state index in [9.17, 15) is 0 Å². The molecule has 1 aliphatic rings. The zero-order valence-electron chi connectivity index (χ0n) is 10.4. The number of nitrogens with one attached hydrogen (secondary N) is 1. The molecule has 0 spiro atoms. The van der Waals surface area contributed by atoms with Crippen LogP contribution in [0.2, 0.25) is 0 Å². The number of benzene rings is 1. The van der Waals surface area contributed by atoms with E-state index in [-0.39, 0.29) is 6.04 Å². The second-order valence-corrected chi connectivity index (χ2v) is 4.38. The van der Waals surface area contributed by atoms with Crippen LogP contribution in [0.3, 0.4) is 0 Å². The van der Waals surface area contributed by atoms with Crippen molar-refractivity contribution in [3.8, 4) is 11.5 Å². The van der Waals surface area contributed by atoms with Crippen molar-refractivity contribution in [2.75, 3.05) is 26.8 Å². The summed E-state index contributed by atoms with van der Waals surface area (Å²) in [6, 6.07) is 6.33. The smallest absolute Gasteiger partial charge is 0.161 e. The second-order valence-electron chi connectivity index (χ2n) is 4.38. The fourth-order valence-electron chi connectivity index (χ4n) is 2.17. The van der Waals surface area contributed by atoms with Crippen LogP contribution >= 0.6 is 0 Å². The average molecular weight is 236 g/mol. The monoisotopic (exact) mass is 236 g/mol. The van der Waals surface area contributed by atoms with Crippen LogP contribution in [0.1, 0.15) is 18.5 Å². The van der Waals surface area contributed by atoms with Gasteiger partial charge in [0.1, 0.15) is 13.2 Å². The van der Waals surface area contributed by atoms with E-state index in [2.05, 4.69) is 18.3 Å². The van der Waals surface area contributed by atoms with Crippen molar-refractivity contribution in [2.45, 2.75) is 13.0 Å². The Balaban J connectivity index is 2.25. The third-order valence-corrected chi connectivity index (χ3v) is 3.18. The largest absolute Gasteiger partial charge is 0.486 e. The average Bonchev–Trinajstić information content (AvgIpc) is 2.39. The van der Waals surface area contributed by atoms with Crippen molar-refractivity contribution in [3.63, 3.8) is 0 Å². The van der Waals surface area contributed by atoms with E-state index < -0.39 is 0 Å². The van der Waals surface area contributed by atoms with Crippen molar-refractivity contribution in [3.05, 3.63) is 23.8 Å². The molecule has 2 atom stereocenters. The van der Waals surface area contributed by atoms with Crippen LogP contribution in [0.25, 0.3) is 0 Å². The molecule has 0 bridgehead atoms. The van der Waals surface area contributed by atoms with E-state index >= 15 is 0 Å². The Kier molecular flexibility index (Phi) is 3.86. The summed E-state index contributed by atoms with van der Waals surface area (Å²) in [5, 5.41) is 3.30. The second kappa shape index (κ2) is 5.38. The third-order valence-electron chi connectivity index (χ3n) is 3.18.